The molecule has 0 spiro atoms. The van der Waals surface area contributed by atoms with Gasteiger partial charge >= 0.3 is 6.18 Å². The Bertz CT molecular complexity index is 535. The van der Waals surface area contributed by atoms with E-state index in [1.165, 1.54) is 19.1 Å². The summed E-state index contributed by atoms with van der Waals surface area (Å²) in [7, 11) is 0. The van der Waals surface area contributed by atoms with Gasteiger partial charge in [0.1, 0.15) is 11.4 Å². The van der Waals surface area contributed by atoms with Crippen LogP contribution in [0.4, 0.5) is 13.2 Å². The van der Waals surface area contributed by atoms with E-state index in [9.17, 15) is 18.0 Å². The molecular formula is C15H21F3N2O2. The number of halogens is 3. The fraction of sp³-hybridized carbons (Fsp3) is 0.533. The number of hydrogen-bond donors (Lipinski definition) is 2. The van der Waals surface area contributed by atoms with Crippen LogP contribution in [0.1, 0.15) is 38.8 Å². The molecule has 1 atom stereocenters. The van der Waals surface area contributed by atoms with E-state index in [1.807, 2.05) is 0 Å². The third-order valence-electron chi connectivity index (χ3n) is 2.68. The van der Waals surface area contributed by atoms with Crippen LogP contribution < -0.4 is 15.8 Å². The monoisotopic (exact) mass is 318 g/mol. The second kappa shape index (κ2) is 6.56. The Hall–Kier alpha value is -1.76. The minimum atomic E-state index is -4.54. The van der Waals surface area contributed by atoms with E-state index in [-0.39, 0.29) is 17.9 Å². The lowest BCUT2D eigenvalue weighted by Gasteiger charge is -2.23. The average Bonchev–Trinajstić information content (AvgIpc) is 2.33. The van der Waals surface area contributed by atoms with Crippen LogP contribution in [0.15, 0.2) is 18.2 Å². The first-order valence-corrected chi connectivity index (χ1v) is 6.82. The van der Waals surface area contributed by atoms with E-state index in [0.717, 1.165) is 6.07 Å². The van der Waals surface area contributed by atoms with E-state index in [1.54, 1.807) is 20.8 Å². The van der Waals surface area contributed by atoms with Gasteiger partial charge in [0, 0.05) is 6.54 Å². The predicted octanol–water partition coefficient (Wildman–Crippen LogP) is 2.85. The number of nitrogens with one attached hydrogen (secondary N) is 1. The molecule has 3 N–H and O–H groups in total. The summed E-state index contributed by atoms with van der Waals surface area (Å²) in [6.45, 7) is 6.45. The molecule has 1 aromatic carbocycles. The van der Waals surface area contributed by atoms with Crippen LogP contribution in [-0.2, 0) is 17.5 Å². The van der Waals surface area contributed by atoms with Gasteiger partial charge in [0.25, 0.3) is 0 Å². The van der Waals surface area contributed by atoms with E-state index in [2.05, 4.69) is 5.32 Å². The molecule has 1 aromatic rings. The minimum absolute atomic E-state index is 0.0391. The lowest BCUT2D eigenvalue weighted by Crippen LogP contribution is -2.38. The number of nitrogens with two attached hydrogens (primary N) is 1. The van der Waals surface area contributed by atoms with Gasteiger partial charge in [-0.05, 0) is 45.4 Å². The molecule has 0 heterocycles. The number of hydrogen-bond acceptors (Lipinski definition) is 3. The lowest BCUT2D eigenvalue weighted by molar-refractivity contribution is -0.138. The first kappa shape index (κ1) is 18.3. The number of carbonyl (C=O) groups excluding carboxylic acids is 1. The summed E-state index contributed by atoms with van der Waals surface area (Å²) in [5, 5.41) is 2.37. The molecule has 1 rings (SSSR count). The quantitative estimate of drug-likeness (QED) is 0.897. The largest absolute Gasteiger partial charge is 0.488 e. The third kappa shape index (κ3) is 5.55. The van der Waals surface area contributed by atoms with Crippen molar-refractivity contribution in [2.45, 2.75) is 52.1 Å². The Morgan fingerprint density at radius 1 is 1.32 bits per heavy atom. The molecule has 0 aliphatic heterocycles. The van der Waals surface area contributed by atoms with Crippen molar-refractivity contribution >= 4 is 5.91 Å². The van der Waals surface area contributed by atoms with Crippen molar-refractivity contribution in [3.63, 3.8) is 0 Å². The average molecular weight is 318 g/mol. The molecule has 0 bridgehead atoms. The SMILES string of the molecule is C[C@@H](N)C(=O)NCc1ccc(OC(C)(C)C)cc1C(F)(F)F. The highest BCUT2D eigenvalue weighted by atomic mass is 19.4. The molecule has 0 fully saturated rings. The Kier molecular flexibility index (Phi) is 5.45. The highest BCUT2D eigenvalue weighted by molar-refractivity contribution is 5.80. The molecule has 0 aromatic heterocycles. The van der Waals surface area contributed by atoms with Gasteiger partial charge in [-0.15, -0.1) is 0 Å². The number of benzene rings is 1. The van der Waals surface area contributed by atoms with Crippen LogP contribution in [0, 0.1) is 0 Å². The van der Waals surface area contributed by atoms with Gasteiger partial charge in [-0.25, -0.2) is 0 Å². The molecule has 0 unspecified atom stereocenters. The smallest absolute Gasteiger partial charge is 0.416 e. The van der Waals surface area contributed by atoms with E-state index >= 15 is 0 Å². The zero-order chi connectivity index (χ0) is 17.1. The molecule has 1 amide bonds. The van der Waals surface area contributed by atoms with E-state index in [0.29, 0.717) is 0 Å². The molecule has 0 radical (unpaired) electrons. The van der Waals surface area contributed by atoms with E-state index in [4.69, 9.17) is 10.5 Å². The number of carbonyl (C=O) groups is 1. The van der Waals surface area contributed by atoms with Crippen LogP contribution in [0.5, 0.6) is 5.75 Å². The molecule has 22 heavy (non-hydrogen) atoms. The fourth-order valence-electron chi connectivity index (χ4n) is 1.73. The lowest BCUT2D eigenvalue weighted by atomic mass is 10.1. The maximum absolute atomic E-state index is 13.2. The summed E-state index contributed by atoms with van der Waals surface area (Å²) >= 11 is 0. The first-order chi connectivity index (χ1) is 9.90. The van der Waals surface area contributed by atoms with Gasteiger partial charge < -0.3 is 15.8 Å². The normalized spacial score (nSPS) is 13.6. The van der Waals surface area contributed by atoms with Crippen molar-refractivity contribution < 1.29 is 22.7 Å². The highest BCUT2D eigenvalue weighted by Crippen LogP contribution is 2.35. The Morgan fingerprint density at radius 2 is 1.91 bits per heavy atom. The second-order valence-corrected chi connectivity index (χ2v) is 6.04. The summed E-state index contributed by atoms with van der Waals surface area (Å²) in [6, 6.07) is 2.91. The predicted molar refractivity (Wildman–Crippen MR) is 77.3 cm³/mol. The summed E-state index contributed by atoms with van der Waals surface area (Å²) in [5.74, 6) is -0.384. The molecular weight excluding hydrogens is 297 g/mol. The van der Waals surface area contributed by atoms with Crippen LogP contribution in [0.25, 0.3) is 0 Å². The summed E-state index contributed by atoms with van der Waals surface area (Å²) < 4.78 is 44.9. The van der Waals surface area contributed by atoms with Crippen LogP contribution in [0.3, 0.4) is 0 Å². The Labute approximate surface area is 127 Å². The standard InChI is InChI=1S/C15H21F3N2O2/c1-9(19)13(21)20-8-10-5-6-11(22-14(2,3)4)7-12(10)15(16,17)18/h5-7,9H,8,19H2,1-4H3,(H,20,21)/t9-/m1/s1. The number of rotatable bonds is 4. The number of ether oxygens (including phenoxy) is 1. The van der Waals surface area contributed by atoms with Crippen molar-refractivity contribution in [2.75, 3.05) is 0 Å². The van der Waals surface area contributed by atoms with Crippen molar-refractivity contribution in [1.82, 2.24) is 5.32 Å². The molecule has 7 heteroatoms. The van der Waals surface area contributed by atoms with Gasteiger partial charge in [0.15, 0.2) is 0 Å². The van der Waals surface area contributed by atoms with Gasteiger partial charge in [-0.3, -0.25) is 4.79 Å². The second-order valence-electron chi connectivity index (χ2n) is 6.04. The molecule has 0 aliphatic rings. The van der Waals surface area contributed by atoms with E-state index < -0.39 is 29.3 Å². The van der Waals surface area contributed by atoms with Crippen molar-refractivity contribution in [1.29, 1.82) is 0 Å². The molecule has 0 aliphatic carbocycles. The number of amides is 1. The molecule has 124 valence electrons. The molecule has 0 saturated carbocycles. The van der Waals surface area contributed by atoms with Crippen LogP contribution >= 0.6 is 0 Å². The number of alkyl halides is 3. The van der Waals surface area contributed by atoms with Crippen molar-refractivity contribution in [3.05, 3.63) is 29.3 Å². The highest BCUT2D eigenvalue weighted by Gasteiger charge is 2.34. The summed E-state index contributed by atoms with van der Waals surface area (Å²) in [6.07, 6.45) is -4.54. The summed E-state index contributed by atoms with van der Waals surface area (Å²) in [4.78, 5) is 11.4. The first-order valence-electron chi connectivity index (χ1n) is 6.82. The van der Waals surface area contributed by atoms with Gasteiger partial charge in [-0.1, -0.05) is 6.07 Å². The zero-order valence-corrected chi connectivity index (χ0v) is 13.0. The van der Waals surface area contributed by atoms with Gasteiger partial charge in [0.05, 0.1) is 11.6 Å². The van der Waals surface area contributed by atoms with Crippen LogP contribution in [0.2, 0.25) is 0 Å². The minimum Gasteiger partial charge on any atom is -0.488 e. The van der Waals surface area contributed by atoms with Crippen molar-refractivity contribution in [3.8, 4) is 5.75 Å². The third-order valence-corrected chi connectivity index (χ3v) is 2.68. The Morgan fingerprint density at radius 3 is 2.36 bits per heavy atom. The van der Waals surface area contributed by atoms with Crippen LogP contribution in [-0.4, -0.2) is 17.6 Å². The van der Waals surface area contributed by atoms with Crippen molar-refractivity contribution in [2.24, 2.45) is 5.73 Å². The fourth-order valence-corrected chi connectivity index (χ4v) is 1.73. The Balaban J connectivity index is 3.05. The molecule has 4 nitrogen and oxygen atoms in total. The maximum Gasteiger partial charge on any atom is 0.416 e. The summed E-state index contributed by atoms with van der Waals surface area (Å²) in [5.41, 5.74) is 3.89. The molecule has 0 saturated heterocycles. The zero-order valence-electron chi connectivity index (χ0n) is 13.0. The van der Waals surface area contributed by atoms with Gasteiger partial charge in [0.2, 0.25) is 5.91 Å². The topological polar surface area (TPSA) is 64.4 Å². The maximum atomic E-state index is 13.2. The van der Waals surface area contributed by atoms with Gasteiger partial charge in [-0.2, -0.15) is 13.2 Å².